The molecule has 0 spiro atoms. The molecule has 2 heterocycles. The van der Waals surface area contributed by atoms with Crippen molar-refractivity contribution in [1.29, 1.82) is 0 Å². The summed E-state index contributed by atoms with van der Waals surface area (Å²) in [6.07, 6.45) is 0. The van der Waals surface area contributed by atoms with Crippen molar-refractivity contribution in [2.75, 3.05) is 13.1 Å². The molecule has 0 bridgehead atoms. The van der Waals surface area contributed by atoms with Crippen LogP contribution in [-0.4, -0.2) is 51.5 Å². The maximum atomic E-state index is 13.3. The first kappa shape index (κ1) is 19.6. The van der Waals surface area contributed by atoms with Gasteiger partial charge in [0.15, 0.2) is 5.78 Å². The van der Waals surface area contributed by atoms with Crippen LogP contribution in [0.2, 0.25) is 0 Å². The number of nitrogens with one attached hydrogen (secondary N) is 1. The van der Waals surface area contributed by atoms with E-state index in [0.717, 1.165) is 20.9 Å². The zero-order valence-electron chi connectivity index (χ0n) is 16.7. The minimum absolute atomic E-state index is 0.0136. The van der Waals surface area contributed by atoms with Gasteiger partial charge in [0.1, 0.15) is 0 Å². The van der Waals surface area contributed by atoms with Crippen molar-refractivity contribution in [3.63, 3.8) is 0 Å². The molecule has 4 amide bonds. The lowest BCUT2D eigenvalue weighted by Crippen LogP contribution is -2.38. The number of nitrogens with zero attached hydrogens (tertiary/aromatic N) is 2. The Kier molecular flexibility index (Phi) is 4.95. The van der Waals surface area contributed by atoms with Gasteiger partial charge in [0.2, 0.25) is 0 Å². The second-order valence-corrected chi connectivity index (χ2v) is 7.69. The number of urea groups is 1. The lowest BCUT2D eigenvalue weighted by Gasteiger charge is -2.16. The van der Waals surface area contributed by atoms with E-state index < -0.39 is 30.2 Å². The topological polar surface area (TPSA) is 90.6 Å². The van der Waals surface area contributed by atoms with E-state index in [1.54, 1.807) is 0 Å². The summed E-state index contributed by atoms with van der Waals surface area (Å²) in [5.41, 5.74) is 2.60. The fraction of sp³-hybridized carbons (Fsp3) is 0.217. The number of hydrogen-bond donors (Lipinski definition) is 1. The van der Waals surface area contributed by atoms with Gasteiger partial charge >= 0.3 is 17.8 Å². The normalized spacial score (nSPS) is 14.4. The molecule has 2 aromatic carbocycles. The van der Waals surface area contributed by atoms with Crippen molar-refractivity contribution < 1.29 is 19.2 Å². The number of rotatable bonds is 6. The van der Waals surface area contributed by atoms with Gasteiger partial charge in [-0.2, -0.15) is 0 Å². The summed E-state index contributed by atoms with van der Waals surface area (Å²) in [6.45, 7) is 3.34. The number of carbonyl (C=O) groups is 4. The first-order chi connectivity index (χ1) is 14.4. The predicted molar refractivity (Wildman–Crippen MR) is 112 cm³/mol. The molecule has 7 heteroatoms. The Balaban J connectivity index is 1.71. The molecule has 0 saturated carbocycles. The summed E-state index contributed by atoms with van der Waals surface area (Å²) >= 11 is 0. The largest absolute Gasteiger partial charge is 0.354 e. The maximum absolute atomic E-state index is 13.3. The van der Waals surface area contributed by atoms with Crippen LogP contribution in [0.15, 0.2) is 54.6 Å². The van der Waals surface area contributed by atoms with Crippen LogP contribution in [0.3, 0.4) is 0 Å². The Bertz CT molecular complexity index is 1160. The van der Waals surface area contributed by atoms with Crippen molar-refractivity contribution in [3.8, 4) is 11.3 Å². The monoisotopic (exact) mass is 403 g/mol. The SMILES string of the molecule is CC(C)CN1C(=O)C(=O)N(CC(=O)c2c(-c3ccccc3)[nH]c3ccccc23)C1=O. The van der Waals surface area contributed by atoms with Gasteiger partial charge in [-0.3, -0.25) is 19.3 Å². The number of imide groups is 2. The molecule has 7 nitrogen and oxygen atoms in total. The van der Waals surface area contributed by atoms with E-state index in [-0.39, 0.29) is 12.5 Å². The van der Waals surface area contributed by atoms with E-state index in [2.05, 4.69) is 4.98 Å². The summed E-state index contributed by atoms with van der Waals surface area (Å²) in [5, 5.41) is 0.700. The van der Waals surface area contributed by atoms with E-state index in [1.165, 1.54) is 0 Å². The molecule has 0 aliphatic carbocycles. The van der Waals surface area contributed by atoms with Crippen LogP contribution in [0, 0.1) is 5.92 Å². The Morgan fingerprint density at radius 2 is 1.53 bits per heavy atom. The molecule has 1 aliphatic rings. The maximum Gasteiger partial charge on any atom is 0.334 e. The molecule has 0 radical (unpaired) electrons. The molecule has 0 atom stereocenters. The summed E-state index contributed by atoms with van der Waals surface area (Å²) in [5.74, 6) is -2.24. The van der Waals surface area contributed by atoms with Gasteiger partial charge in [0.05, 0.1) is 17.8 Å². The van der Waals surface area contributed by atoms with Gasteiger partial charge in [-0.25, -0.2) is 9.69 Å². The van der Waals surface area contributed by atoms with Crippen LogP contribution in [0.4, 0.5) is 4.79 Å². The lowest BCUT2D eigenvalue weighted by molar-refractivity contribution is -0.143. The van der Waals surface area contributed by atoms with Crippen molar-refractivity contribution in [2.45, 2.75) is 13.8 Å². The van der Waals surface area contributed by atoms with E-state index >= 15 is 0 Å². The molecular weight excluding hydrogens is 382 g/mol. The second kappa shape index (κ2) is 7.59. The highest BCUT2D eigenvalue weighted by atomic mass is 16.2. The van der Waals surface area contributed by atoms with Crippen LogP contribution in [0.5, 0.6) is 0 Å². The van der Waals surface area contributed by atoms with Gasteiger partial charge in [-0.1, -0.05) is 62.4 Å². The number of carbonyl (C=O) groups excluding carboxylic acids is 4. The molecular formula is C23H21N3O4. The number of para-hydroxylation sites is 1. The number of Topliss-reactive ketones (excluding diaryl/α,β-unsaturated/α-hetero) is 1. The zero-order chi connectivity index (χ0) is 21.4. The Morgan fingerprint density at radius 1 is 0.900 bits per heavy atom. The number of aromatic nitrogens is 1. The first-order valence-corrected chi connectivity index (χ1v) is 9.75. The van der Waals surface area contributed by atoms with Gasteiger partial charge in [0, 0.05) is 17.4 Å². The highest BCUT2D eigenvalue weighted by molar-refractivity contribution is 6.45. The van der Waals surface area contributed by atoms with Crippen LogP contribution in [0.25, 0.3) is 22.2 Å². The summed E-state index contributed by atoms with van der Waals surface area (Å²) < 4.78 is 0. The molecule has 1 N–H and O–H groups in total. The van der Waals surface area contributed by atoms with Gasteiger partial charge in [-0.15, -0.1) is 0 Å². The number of aromatic amines is 1. The highest BCUT2D eigenvalue weighted by Crippen LogP contribution is 2.31. The molecule has 30 heavy (non-hydrogen) atoms. The quantitative estimate of drug-likeness (QED) is 0.388. The van der Waals surface area contributed by atoms with Crippen molar-refractivity contribution in [2.24, 2.45) is 5.92 Å². The van der Waals surface area contributed by atoms with Gasteiger partial charge < -0.3 is 4.98 Å². The predicted octanol–water partition coefficient (Wildman–Crippen LogP) is 3.46. The standard InChI is InChI=1S/C23H21N3O4/c1-14(2)12-25-21(28)22(29)26(23(25)30)13-18(27)19-16-10-6-7-11-17(16)24-20(19)15-8-4-3-5-9-15/h3-11,14,24H,12-13H2,1-2H3. The molecule has 1 aliphatic heterocycles. The van der Waals surface area contributed by atoms with Gasteiger partial charge in [0.25, 0.3) is 0 Å². The smallest absolute Gasteiger partial charge is 0.334 e. The molecule has 1 fully saturated rings. The molecule has 0 unspecified atom stereocenters. The van der Waals surface area contributed by atoms with E-state index in [1.807, 2.05) is 68.4 Å². The van der Waals surface area contributed by atoms with Crippen LogP contribution < -0.4 is 0 Å². The number of fused-ring (bicyclic) bond motifs is 1. The fourth-order valence-electron chi connectivity index (χ4n) is 3.69. The van der Waals surface area contributed by atoms with Crippen LogP contribution in [-0.2, 0) is 9.59 Å². The van der Waals surface area contributed by atoms with E-state index in [4.69, 9.17) is 0 Å². The van der Waals surface area contributed by atoms with Crippen LogP contribution in [0.1, 0.15) is 24.2 Å². The van der Waals surface area contributed by atoms with Crippen molar-refractivity contribution >= 4 is 34.5 Å². The summed E-state index contributed by atoms with van der Waals surface area (Å²) in [4.78, 5) is 55.5. The third-order valence-corrected chi connectivity index (χ3v) is 5.03. The average Bonchev–Trinajstić information content (AvgIpc) is 3.22. The van der Waals surface area contributed by atoms with E-state index in [9.17, 15) is 19.2 Å². The minimum atomic E-state index is -0.963. The number of benzene rings is 2. The van der Waals surface area contributed by atoms with Crippen molar-refractivity contribution in [1.82, 2.24) is 14.8 Å². The Morgan fingerprint density at radius 3 is 2.23 bits per heavy atom. The average molecular weight is 403 g/mol. The number of H-pyrrole nitrogens is 1. The number of ketones is 1. The third kappa shape index (κ3) is 3.28. The minimum Gasteiger partial charge on any atom is -0.354 e. The number of hydrogen-bond acceptors (Lipinski definition) is 4. The van der Waals surface area contributed by atoms with E-state index in [0.29, 0.717) is 16.6 Å². The highest BCUT2D eigenvalue weighted by Gasteiger charge is 2.45. The van der Waals surface area contributed by atoms with Crippen molar-refractivity contribution in [3.05, 3.63) is 60.2 Å². The molecule has 3 aromatic rings. The number of amides is 4. The Hall–Kier alpha value is -3.74. The third-order valence-electron chi connectivity index (χ3n) is 5.03. The molecule has 1 aromatic heterocycles. The zero-order valence-corrected chi connectivity index (χ0v) is 16.7. The first-order valence-electron chi connectivity index (χ1n) is 9.75. The molecule has 152 valence electrons. The molecule has 1 saturated heterocycles. The molecule has 4 rings (SSSR count). The summed E-state index contributed by atoms with van der Waals surface area (Å²) in [7, 11) is 0. The Labute approximate surface area is 173 Å². The van der Waals surface area contributed by atoms with Gasteiger partial charge in [-0.05, 0) is 17.5 Å². The van der Waals surface area contributed by atoms with Crippen LogP contribution >= 0.6 is 0 Å². The second-order valence-electron chi connectivity index (χ2n) is 7.69. The fourth-order valence-corrected chi connectivity index (χ4v) is 3.69. The lowest BCUT2D eigenvalue weighted by atomic mass is 10.0. The summed E-state index contributed by atoms with van der Waals surface area (Å²) in [6, 6.07) is 16.0.